The van der Waals surface area contributed by atoms with Crippen LogP contribution in [0.3, 0.4) is 0 Å². The Morgan fingerprint density at radius 1 is 1.23 bits per heavy atom. The lowest BCUT2D eigenvalue weighted by Crippen LogP contribution is -2.42. The van der Waals surface area contributed by atoms with Gasteiger partial charge in [-0.3, -0.25) is 24.5 Å². The van der Waals surface area contributed by atoms with Gasteiger partial charge >= 0.3 is 0 Å². The third-order valence-electron chi connectivity index (χ3n) is 5.93. The molecule has 0 radical (unpaired) electrons. The number of primary amides is 1. The van der Waals surface area contributed by atoms with E-state index in [1.54, 1.807) is 22.9 Å². The second-order valence-corrected chi connectivity index (χ2v) is 11.2. The van der Waals surface area contributed by atoms with Crippen molar-refractivity contribution in [3.63, 3.8) is 0 Å². The number of hydrogen-bond acceptors (Lipinski definition) is 10. The molecule has 1 aromatic heterocycles. The van der Waals surface area contributed by atoms with Gasteiger partial charge in [-0.05, 0) is 42.7 Å². The molecular weight excluding hydrogens is 540 g/mol. The number of nitrogens with one attached hydrogen (secondary N) is 1. The standard InChI is InChI=1S/C18H19N3O3S.C8H15N3O2S/c1-21(16-4-2-3-9-19-16)10-11-24-14-7-5-13(6-8-14)12-15-17(22)20-18(23)25-15;9-6(1-2-7(10)12)8(13)11-3-4-14-5-11/h2-9,15H,10-12H2,1H3,(H,20,22,23);6H,1-5,9H2,(H2,10,12). The fourth-order valence-corrected chi connectivity index (χ4v) is 5.52. The van der Waals surface area contributed by atoms with Gasteiger partial charge in [0, 0.05) is 32.0 Å². The Labute approximate surface area is 236 Å². The summed E-state index contributed by atoms with van der Waals surface area (Å²) in [6.07, 6.45) is 2.82. The topological polar surface area (TPSA) is 161 Å². The first kappa shape index (κ1) is 30.3. The molecule has 2 unspecified atom stereocenters. The first-order valence-electron chi connectivity index (χ1n) is 12.5. The molecule has 39 heavy (non-hydrogen) atoms. The minimum atomic E-state index is -0.582. The molecule has 2 aliphatic rings. The van der Waals surface area contributed by atoms with Gasteiger partial charge < -0.3 is 26.0 Å². The van der Waals surface area contributed by atoms with Crippen molar-refractivity contribution in [2.24, 2.45) is 11.5 Å². The van der Waals surface area contributed by atoms with Crippen LogP contribution in [0, 0.1) is 0 Å². The highest BCUT2D eigenvalue weighted by molar-refractivity contribution is 8.15. The average molecular weight is 575 g/mol. The van der Waals surface area contributed by atoms with Crippen LogP contribution in [-0.4, -0.2) is 82.5 Å². The second-order valence-electron chi connectivity index (χ2n) is 8.94. The van der Waals surface area contributed by atoms with Crippen molar-refractivity contribution in [3.05, 3.63) is 54.2 Å². The van der Waals surface area contributed by atoms with Gasteiger partial charge in [0.15, 0.2) is 0 Å². The van der Waals surface area contributed by atoms with Crippen LogP contribution in [0.4, 0.5) is 10.6 Å². The molecule has 0 saturated carbocycles. The number of aromatic nitrogens is 1. The monoisotopic (exact) mass is 574 g/mol. The number of benzene rings is 1. The van der Waals surface area contributed by atoms with Gasteiger partial charge in [0.2, 0.25) is 17.7 Å². The van der Waals surface area contributed by atoms with Crippen LogP contribution in [0.1, 0.15) is 18.4 Å². The Kier molecular flexibility index (Phi) is 11.9. The van der Waals surface area contributed by atoms with E-state index in [4.69, 9.17) is 16.2 Å². The minimum absolute atomic E-state index is 0.0729. The van der Waals surface area contributed by atoms with E-state index >= 15 is 0 Å². The molecule has 2 fully saturated rings. The van der Waals surface area contributed by atoms with Crippen LogP contribution >= 0.6 is 23.5 Å². The highest BCUT2D eigenvalue weighted by Crippen LogP contribution is 2.24. The van der Waals surface area contributed by atoms with Crippen molar-refractivity contribution in [2.75, 3.05) is 43.3 Å². The summed E-state index contributed by atoms with van der Waals surface area (Å²) < 4.78 is 5.75. The first-order valence-corrected chi connectivity index (χ1v) is 14.5. The van der Waals surface area contributed by atoms with E-state index in [1.165, 1.54) is 0 Å². The summed E-state index contributed by atoms with van der Waals surface area (Å²) in [5.74, 6) is 2.66. The average Bonchev–Trinajstić information content (AvgIpc) is 3.58. The van der Waals surface area contributed by atoms with E-state index in [9.17, 15) is 19.2 Å². The molecule has 11 nitrogen and oxygen atoms in total. The maximum Gasteiger partial charge on any atom is 0.286 e. The fraction of sp³-hybridized carbons (Fsp3) is 0.423. The number of ether oxygens (including phenoxy) is 1. The van der Waals surface area contributed by atoms with Gasteiger partial charge in [0.25, 0.3) is 5.24 Å². The van der Waals surface area contributed by atoms with Gasteiger partial charge in [-0.2, -0.15) is 0 Å². The molecule has 13 heteroatoms. The van der Waals surface area contributed by atoms with Crippen LogP contribution in [0.25, 0.3) is 0 Å². The van der Waals surface area contributed by atoms with Crippen molar-refractivity contribution >= 4 is 52.3 Å². The molecule has 0 aliphatic carbocycles. The highest BCUT2D eigenvalue weighted by Gasteiger charge is 2.31. The van der Waals surface area contributed by atoms with Crippen LogP contribution in [0.2, 0.25) is 0 Å². The Hall–Kier alpha value is -3.29. The molecule has 5 N–H and O–H groups in total. The molecule has 0 spiro atoms. The van der Waals surface area contributed by atoms with E-state index in [0.29, 0.717) is 25.3 Å². The minimum Gasteiger partial charge on any atom is -0.492 e. The largest absolute Gasteiger partial charge is 0.492 e. The summed E-state index contributed by atoms with van der Waals surface area (Å²) >= 11 is 2.76. The van der Waals surface area contributed by atoms with E-state index in [1.807, 2.05) is 54.4 Å². The van der Waals surface area contributed by atoms with Gasteiger partial charge in [-0.15, -0.1) is 11.8 Å². The Morgan fingerprint density at radius 3 is 2.59 bits per heavy atom. The Balaban J connectivity index is 0.000000255. The van der Waals surface area contributed by atoms with Gasteiger partial charge in [-0.25, -0.2) is 4.98 Å². The number of pyridine rings is 1. The van der Waals surface area contributed by atoms with Crippen LogP contribution in [-0.2, 0) is 20.8 Å². The summed E-state index contributed by atoms with van der Waals surface area (Å²) in [6.45, 7) is 2.02. The van der Waals surface area contributed by atoms with Gasteiger partial charge in [0.05, 0.1) is 23.7 Å². The molecule has 2 aliphatic heterocycles. The summed E-state index contributed by atoms with van der Waals surface area (Å²) in [7, 11) is 1.97. The number of thioether (sulfide) groups is 2. The number of nitrogens with two attached hydrogens (primary N) is 2. The quantitative estimate of drug-likeness (QED) is 0.360. The number of nitrogens with zero attached hydrogens (tertiary/aromatic N) is 3. The number of rotatable bonds is 11. The number of carbonyl (C=O) groups excluding carboxylic acids is 4. The van der Waals surface area contributed by atoms with Crippen LogP contribution in [0.15, 0.2) is 48.7 Å². The first-order chi connectivity index (χ1) is 18.7. The van der Waals surface area contributed by atoms with Crippen molar-refractivity contribution in [1.29, 1.82) is 0 Å². The molecule has 4 amide bonds. The Bertz CT molecular complexity index is 1120. The lowest BCUT2D eigenvalue weighted by molar-refractivity contribution is -0.131. The molecule has 1 aromatic carbocycles. The van der Waals surface area contributed by atoms with Crippen molar-refractivity contribution in [1.82, 2.24) is 15.2 Å². The summed E-state index contributed by atoms with van der Waals surface area (Å²) in [5.41, 5.74) is 11.6. The zero-order valence-corrected chi connectivity index (χ0v) is 23.4. The molecule has 2 atom stereocenters. The highest BCUT2D eigenvalue weighted by atomic mass is 32.2. The molecule has 2 saturated heterocycles. The third-order valence-corrected chi connectivity index (χ3v) is 7.88. The van der Waals surface area contributed by atoms with Crippen molar-refractivity contribution < 1.29 is 23.9 Å². The zero-order chi connectivity index (χ0) is 28.2. The number of amides is 4. The summed E-state index contributed by atoms with van der Waals surface area (Å²) in [4.78, 5) is 52.9. The number of anilines is 1. The fourth-order valence-electron chi connectivity index (χ4n) is 3.70. The van der Waals surface area contributed by atoms with Crippen LogP contribution in [0.5, 0.6) is 5.75 Å². The number of likely N-dealkylation sites (N-methyl/N-ethyl adjacent to an activating group) is 1. The number of carbonyl (C=O) groups is 4. The molecule has 210 valence electrons. The number of imide groups is 1. The second kappa shape index (κ2) is 15.3. The molecule has 4 rings (SSSR count). The van der Waals surface area contributed by atoms with Gasteiger partial charge in [0.1, 0.15) is 18.2 Å². The SMILES string of the molecule is CN(CCOc1ccc(CC2SC(=O)NC2=O)cc1)c1ccccn1.NC(=O)CCC(N)C(=O)N1CCSC1. The predicted octanol–water partition coefficient (Wildman–Crippen LogP) is 1.60. The molecule has 0 bridgehead atoms. The molecular formula is C26H34N6O5S2. The summed E-state index contributed by atoms with van der Waals surface area (Å²) in [6, 6.07) is 12.8. The molecule has 2 aromatic rings. The molecule has 3 heterocycles. The smallest absolute Gasteiger partial charge is 0.286 e. The van der Waals surface area contributed by atoms with Crippen molar-refractivity contribution in [2.45, 2.75) is 30.6 Å². The van der Waals surface area contributed by atoms with E-state index in [0.717, 1.165) is 47.7 Å². The number of hydrogen-bond donors (Lipinski definition) is 3. The zero-order valence-electron chi connectivity index (χ0n) is 21.8. The Morgan fingerprint density at radius 2 is 2.00 bits per heavy atom. The predicted molar refractivity (Wildman–Crippen MR) is 154 cm³/mol. The summed E-state index contributed by atoms with van der Waals surface area (Å²) in [5, 5.41) is 1.69. The van der Waals surface area contributed by atoms with E-state index in [-0.39, 0.29) is 28.7 Å². The third kappa shape index (κ3) is 10.1. The van der Waals surface area contributed by atoms with Gasteiger partial charge in [-0.1, -0.05) is 30.0 Å². The van der Waals surface area contributed by atoms with E-state index < -0.39 is 11.9 Å². The maximum atomic E-state index is 11.6. The lowest BCUT2D eigenvalue weighted by atomic mass is 10.1. The van der Waals surface area contributed by atoms with E-state index in [2.05, 4.69) is 10.3 Å². The lowest BCUT2D eigenvalue weighted by Gasteiger charge is -2.18. The van der Waals surface area contributed by atoms with Crippen LogP contribution < -0.4 is 26.4 Å². The maximum absolute atomic E-state index is 11.6. The van der Waals surface area contributed by atoms with Crippen molar-refractivity contribution in [3.8, 4) is 5.75 Å². The normalized spacial score (nSPS) is 17.2.